The minimum absolute atomic E-state index is 0.204. The summed E-state index contributed by atoms with van der Waals surface area (Å²) in [5.41, 5.74) is 8.39. The number of nitrogen functional groups attached to an aromatic ring is 1. The van der Waals surface area contributed by atoms with Gasteiger partial charge in [0.2, 0.25) is 5.89 Å². The van der Waals surface area contributed by atoms with E-state index in [2.05, 4.69) is 20.2 Å². The first-order chi connectivity index (χ1) is 11.2. The number of nitrogens with two attached hydrogens (primary N) is 1. The van der Waals surface area contributed by atoms with Crippen LogP contribution in [0.1, 0.15) is 0 Å². The smallest absolute Gasteiger partial charge is 0.270 e. The van der Waals surface area contributed by atoms with Crippen LogP contribution in [0, 0.1) is 0 Å². The normalized spacial score (nSPS) is 11.0. The molecule has 0 aliphatic carbocycles. The van der Waals surface area contributed by atoms with Gasteiger partial charge in [0.05, 0.1) is 21.6 Å². The molecule has 2 aromatic heterocycles. The van der Waals surface area contributed by atoms with Crippen LogP contribution in [0.4, 0.5) is 5.82 Å². The Morgan fingerprint density at radius 2 is 1.48 bits per heavy atom. The first kappa shape index (κ1) is 13.7. The molecule has 0 radical (unpaired) electrons. The fourth-order valence-electron chi connectivity index (χ4n) is 2.23. The highest BCUT2D eigenvalue weighted by molar-refractivity contribution is 6.33. The second kappa shape index (κ2) is 5.33. The molecule has 0 bridgehead atoms. The van der Waals surface area contributed by atoms with Gasteiger partial charge in [0.15, 0.2) is 11.5 Å². The van der Waals surface area contributed by atoms with Gasteiger partial charge in [0.1, 0.15) is 0 Å². The summed E-state index contributed by atoms with van der Waals surface area (Å²) in [6.07, 6.45) is 0. The van der Waals surface area contributed by atoms with Crippen molar-refractivity contribution in [2.75, 3.05) is 5.73 Å². The number of hydrogen-bond donors (Lipinski definition) is 1. The number of nitrogens with zero attached hydrogens (tertiary/aromatic N) is 4. The quantitative estimate of drug-likeness (QED) is 0.606. The molecule has 6 nitrogen and oxygen atoms in total. The molecular formula is C16H10ClN5O. The molecule has 2 aromatic carbocycles. The third kappa shape index (κ3) is 2.39. The molecule has 23 heavy (non-hydrogen) atoms. The van der Waals surface area contributed by atoms with Gasteiger partial charge >= 0.3 is 0 Å². The van der Waals surface area contributed by atoms with E-state index in [-0.39, 0.29) is 11.7 Å². The standard InChI is InChI=1S/C16H10ClN5O/c17-10-6-2-1-5-9(10)15-21-22-16(23-15)13-14(18)20-12-8-4-3-7-11(12)19-13/h1-8H,(H2,18,20). The van der Waals surface area contributed by atoms with Crippen LogP contribution in [0.3, 0.4) is 0 Å². The molecule has 7 heteroatoms. The number of fused-ring (bicyclic) bond motifs is 1. The summed E-state index contributed by atoms with van der Waals surface area (Å²) < 4.78 is 5.68. The van der Waals surface area contributed by atoms with E-state index in [0.717, 1.165) is 0 Å². The van der Waals surface area contributed by atoms with Crippen LogP contribution < -0.4 is 5.73 Å². The molecule has 4 aromatic rings. The van der Waals surface area contributed by atoms with Crippen molar-refractivity contribution in [2.45, 2.75) is 0 Å². The number of hydrogen-bond acceptors (Lipinski definition) is 6. The molecule has 0 saturated heterocycles. The lowest BCUT2D eigenvalue weighted by Crippen LogP contribution is -1.98. The van der Waals surface area contributed by atoms with E-state index in [1.54, 1.807) is 12.1 Å². The lowest BCUT2D eigenvalue weighted by atomic mass is 10.2. The maximum atomic E-state index is 6.14. The Labute approximate surface area is 136 Å². The maximum Gasteiger partial charge on any atom is 0.270 e. The van der Waals surface area contributed by atoms with Crippen molar-refractivity contribution in [2.24, 2.45) is 0 Å². The predicted octanol–water partition coefficient (Wildman–Crippen LogP) is 3.58. The fraction of sp³-hybridized carbons (Fsp3) is 0. The van der Waals surface area contributed by atoms with Crippen molar-refractivity contribution in [1.82, 2.24) is 20.2 Å². The number of para-hydroxylation sites is 2. The molecule has 0 aliphatic rings. The summed E-state index contributed by atoms with van der Waals surface area (Å²) >= 11 is 6.14. The Balaban J connectivity index is 1.83. The highest BCUT2D eigenvalue weighted by atomic mass is 35.5. The summed E-state index contributed by atoms with van der Waals surface area (Å²) in [7, 11) is 0. The van der Waals surface area contributed by atoms with E-state index in [4.69, 9.17) is 21.8 Å². The zero-order valence-corrected chi connectivity index (χ0v) is 12.5. The number of halogens is 1. The van der Waals surface area contributed by atoms with Gasteiger partial charge in [0, 0.05) is 0 Å². The van der Waals surface area contributed by atoms with E-state index < -0.39 is 0 Å². The Morgan fingerprint density at radius 3 is 2.26 bits per heavy atom. The number of benzene rings is 2. The predicted molar refractivity (Wildman–Crippen MR) is 87.7 cm³/mol. The minimum Gasteiger partial charge on any atom is -0.414 e. The third-order valence-electron chi connectivity index (χ3n) is 3.33. The summed E-state index contributed by atoms with van der Waals surface area (Å²) in [6, 6.07) is 14.7. The van der Waals surface area contributed by atoms with Crippen molar-refractivity contribution >= 4 is 28.5 Å². The molecule has 2 heterocycles. The topological polar surface area (TPSA) is 90.7 Å². The van der Waals surface area contributed by atoms with Crippen molar-refractivity contribution < 1.29 is 4.42 Å². The van der Waals surface area contributed by atoms with Crippen LogP contribution in [0.5, 0.6) is 0 Å². The lowest BCUT2D eigenvalue weighted by Gasteiger charge is -2.02. The second-order valence-corrected chi connectivity index (χ2v) is 5.25. The van der Waals surface area contributed by atoms with Crippen molar-refractivity contribution in [3.8, 4) is 23.0 Å². The van der Waals surface area contributed by atoms with Crippen molar-refractivity contribution in [1.29, 1.82) is 0 Å². The lowest BCUT2D eigenvalue weighted by molar-refractivity contribution is 0.582. The van der Waals surface area contributed by atoms with Crippen molar-refractivity contribution in [3.05, 3.63) is 53.6 Å². The fourth-order valence-corrected chi connectivity index (χ4v) is 2.45. The molecule has 2 N–H and O–H groups in total. The maximum absolute atomic E-state index is 6.14. The minimum atomic E-state index is 0.204. The summed E-state index contributed by atoms with van der Waals surface area (Å²) in [5, 5.41) is 8.56. The molecule has 0 aliphatic heterocycles. The third-order valence-corrected chi connectivity index (χ3v) is 3.66. The molecule has 0 fully saturated rings. The molecule has 0 spiro atoms. The monoisotopic (exact) mass is 323 g/mol. The van der Waals surface area contributed by atoms with E-state index in [9.17, 15) is 0 Å². The van der Waals surface area contributed by atoms with Gasteiger partial charge in [-0.3, -0.25) is 0 Å². The first-order valence-electron chi connectivity index (χ1n) is 6.83. The van der Waals surface area contributed by atoms with Crippen LogP contribution in [0.15, 0.2) is 52.9 Å². The molecule has 4 rings (SSSR count). The van der Waals surface area contributed by atoms with E-state index in [1.165, 1.54) is 0 Å². The largest absolute Gasteiger partial charge is 0.414 e. The number of aromatic nitrogens is 4. The van der Waals surface area contributed by atoms with Crippen molar-refractivity contribution in [3.63, 3.8) is 0 Å². The molecule has 112 valence electrons. The summed E-state index contributed by atoms with van der Waals surface area (Å²) in [4.78, 5) is 8.77. The van der Waals surface area contributed by atoms with Crippen LogP contribution in [-0.2, 0) is 0 Å². The zero-order chi connectivity index (χ0) is 15.8. The average Bonchev–Trinajstić information content (AvgIpc) is 3.04. The van der Waals surface area contributed by atoms with Gasteiger partial charge in [-0.25, -0.2) is 9.97 Å². The molecule has 0 amide bonds. The van der Waals surface area contributed by atoms with Gasteiger partial charge in [-0.2, -0.15) is 0 Å². The first-order valence-corrected chi connectivity index (χ1v) is 7.21. The Kier molecular flexibility index (Phi) is 3.17. The number of rotatable bonds is 2. The van der Waals surface area contributed by atoms with Gasteiger partial charge in [-0.05, 0) is 24.3 Å². The summed E-state index contributed by atoms with van der Waals surface area (Å²) in [6.45, 7) is 0. The van der Waals surface area contributed by atoms with E-state index >= 15 is 0 Å². The Bertz CT molecular complexity index is 1010. The Hall–Kier alpha value is -2.99. The molecule has 0 unspecified atom stereocenters. The van der Waals surface area contributed by atoms with Crippen LogP contribution in [-0.4, -0.2) is 20.2 Å². The average molecular weight is 324 g/mol. The van der Waals surface area contributed by atoms with E-state index in [1.807, 2.05) is 36.4 Å². The van der Waals surface area contributed by atoms with Gasteiger partial charge < -0.3 is 10.2 Å². The van der Waals surface area contributed by atoms with Crippen LogP contribution >= 0.6 is 11.6 Å². The summed E-state index contributed by atoms with van der Waals surface area (Å²) in [5.74, 6) is 0.744. The van der Waals surface area contributed by atoms with Gasteiger partial charge in [0.25, 0.3) is 5.89 Å². The van der Waals surface area contributed by atoms with Crippen LogP contribution in [0.2, 0.25) is 5.02 Å². The highest BCUT2D eigenvalue weighted by Gasteiger charge is 2.17. The van der Waals surface area contributed by atoms with Gasteiger partial charge in [-0.1, -0.05) is 35.9 Å². The zero-order valence-electron chi connectivity index (χ0n) is 11.8. The SMILES string of the molecule is Nc1nc2ccccc2nc1-c1nnc(-c2ccccc2Cl)o1. The molecule has 0 atom stereocenters. The highest BCUT2D eigenvalue weighted by Crippen LogP contribution is 2.30. The Morgan fingerprint density at radius 1 is 0.826 bits per heavy atom. The molecule has 0 saturated carbocycles. The molecular weight excluding hydrogens is 314 g/mol. The second-order valence-electron chi connectivity index (χ2n) is 4.84. The van der Waals surface area contributed by atoms with Gasteiger partial charge in [-0.15, -0.1) is 10.2 Å². The van der Waals surface area contributed by atoms with E-state index in [0.29, 0.717) is 33.2 Å². The van der Waals surface area contributed by atoms with Crippen LogP contribution in [0.25, 0.3) is 34.1 Å². The number of anilines is 1.